The predicted molar refractivity (Wildman–Crippen MR) is 72.9 cm³/mol. The third-order valence-electron chi connectivity index (χ3n) is 2.47. The van der Waals surface area contributed by atoms with Crippen molar-refractivity contribution < 1.29 is 17.5 Å². The molecule has 2 rings (SSSR count). The average molecular weight is 319 g/mol. The van der Waals surface area contributed by atoms with Crippen molar-refractivity contribution in [1.82, 2.24) is 10.3 Å². The summed E-state index contributed by atoms with van der Waals surface area (Å²) in [5.74, 6) is 0.237. The van der Waals surface area contributed by atoms with Gasteiger partial charge >= 0.3 is 0 Å². The largest absolute Gasteiger partial charge is 1.00 e. The second-order valence-corrected chi connectivity index (χ2v) is 4.69. The molecule has 0 aliphatic rings. The van der Waals surface area contributed by atoms with Crippen molar-refractivity contribution in [1.29, 1.82) is 0 Å². The van der Waals surface area contributed by atoms with Gasteiger partial charge in [0.2, 0.25) is 0 Å². The van der Waals surface area contributed by atoms with E-state index in [-0.39, 0.29) is 18.2 Å². The molecule has 19 heavy (non-hydrogen) atoms. The molecule has 102 valence electrons. The first-order valence-electron chi connectivity index (χ1n) is 5.43. The Hall–Kier alpha value is -1.00. The lowest BCUT2D eigenvalue weighted by Crippen LogP contribution is -3.00. The fourth-order valence-corrected chi connectivity index (χ4v) is 1.85. The second-order valence-electron chi connectivity index (χ2n) is 3.87. The summed E-state index contributed by atoms with van der Waals surface area (Å²) in [5.41, 5.74) is 1.80. The fourth-order valence-electron chi connectivity index (χ4n) is 1.55. The third-order valence-corrected chi connectivity index (χ3v) is 2.93. The molecule has 1 aromatic carbocycles. The van der Waals surface area contributed by atoms with Crippen LogP contribution in [0.2, 0.25) is 10.2 Å². The van der Waals surface area contributed by atoms with Crippen LogP contribution in [-0.2, 0) is 13.1 Å². The van der Waals surface area contributed by atoms with Crippen molar-refractivity contribution in [2.75, 3.05) is 0 Å². The quantitative estimate of drug-likeness (QED) is 0.802. The van der Waals surface area contributed by atoms with Crippen LogP contribution in [0.3, 0.4) is 0 Å². The number of hydrogen-bond donors (Lipinski definition) is 2. The maximum atomic E-state index is 9.64. The van der Waals surface area contributed by atoms with Crippen molar-refractivity contribution in [3.05, 3.63) is 57.8 Å². The lowest BCUT2D eigenvalue weighted by molar-refractivity contribution is -0.00000454. The molecule has 0 fully saturated rings. The fraction of sp³-hybridized carbons (Fsp3) is 0.154. The topological polar surface area (TPSA) is 45.1 Å². The average Bonchev–Trinajstić information content (AvgIpc) is 2.36. The summed E-state index contributed by atoms with van der Waals surface area (Å²) in [4.78, 5) is 3.99. The molecule has 3 nitrogen and oxygen atoms in total. The summed E-state index contributed by atoms with van der Waals surface area (Å²) >= 11 is 11.6. The van der Waals surface area contributed by atoms with E-state index in [1.165, 1.54) is 0 Å². The number of benzene rings is 1. The first-order valence-corrected chi connectivity index (χ1v) is 6.19. The van der Waals surface area contributed by atoms with Crippen LogP contribution in [0.15, 0.2) is 36.5 Å². The maximum Gasteiger partial charge on any atom is 0.129 e. The summed E-state index contributed by atoms with van der Waals surface area (Å²) in [6, 6.07) is 8.63. The van der Waals surface area contributed by atoms with E-state index < -0.39 is 0 Å². The number of pyridine rings is 1. The Bertz CT molecular complexity index is 532. The highest BCUT2D eigenvalue weighted by Gasteiger charge is 2.02. The summed E-state index contributed by atoms with van der Waals surface area (Å²) in [6.07, 6.45) is 1.72. The maximum absolute atomic E-state index is 9.64. The van der Waals surface area contributed by atoms with E-state index in [2.05, 4.69) is 10.3 Å². The molecule has 0 radical (unpaired) electrons. The molecule has 0 aliphatic heterocycles. The number of aromatic hydroxyl groups is 1. The van der Waals surface area contributed by atoms with Gasteiger partial charge in [-0.15, -0.1) is 0 Å². The highest BCUT2D eigenvalue weighted by atomic mass is 35.5. The van der Waals surface area contributed by atoms with Crippen LogP contribution in [0.5, 0.6) is 5.75 Å². The van der Waals surface area contributed by atoms with Gasteiger partial charge in [0.25, 0.3) is 0 Å². The Morgan fingerprint density at radius 3 is 2.58 bits per heavy atom. The first kappa shape index (κ1) is 16.1. The zero-order chi connectivity index (χ0) is 13.0. The zero-order valence-corrected chi connectivity index (χ0v) is 12.2. The molecular weight excluding hydrogens is 307 g/mol. The van der Waals surface area contributed by atoms with Crippen LogP contribution in [0.25, 0.3) is 0 Å². The van der Waals surface area contributed by atoms with E-state index >= 15 is 0 Å². The second kappa shape index (κ2) is 7.56. The molecule has 2 N–H and O–H groups in total. The van der Waals surface area contributed by atoms with Gasteiger partial charge in [-0.2, -0.15) is 0 Å². The number of nitrogens with zero attached hydrogens (tertiary/aromatic N) is 1. The molecule has 6 heteroatoms. The van der Waals surface area contributed by atoms with Crippen molar-refractivity contribution in [3.63, 3.8) is 0 Å². The number of rotatable bonds is 4. The van der Waals surface area contributed by atoms with Gasteiger partial charge in [0.1, 0.15) is 10.9 Å². The Kier molecular flexibility index (Phi) is 6.38. The van der Waals surface area contributed by atoms with Crippen LogP contribution in [0.4, 0.5) is 0 Å². The molecule has 0 amide bonds. The predicted octanol–water partition coefficient (Wildman–Crippen LogP) is 0.388. The van der Waals surface area contributed by atoms with Crippen LogP contribution in [-0.4, -0.2) is 10.1 Å². The molecule has 0 unspecified atom stereocenters. The third kappa shape index (κ3) is 4.88. The molecule has 0 saturated heterocycles. The first-order chi connectivity index (χ1) is 8.65. The zero-order valence-electron chi connectivity index (χ0n) is 9.91. The lowest BCUT2D eigenvalue weighted by Gasteiger charge is -2.07. The number of phenolic OH excluding ortho intramolecular Hbond substituents is 1. The van der Waals surface area contributed by atoms with Gasteiger partial charge in [0.05, 0.1) is 0 Å². The summed E-state index contributed by atoms with van der Waals surface area (Å²) in [6.45, 7) is 1.19. The van der Waals surface area contributed by atoms with E-state index in [9.17, 15) is 5.11 Å². The van der Waals surface area contributed by atoms with Crippen molar-refractivity contribution in [3.8, 4) is 5.75 Å². The van der Waals surface area contributed by atoms with E-state index in [1.54, 1.807) is 30.5 Å². The van der Waals surface area contributed by atoms with Gasteiger partial charge < -0.3 is 22.8 Å². The summed E-state index contributed by atoms with van der Waals surface area (Å²) < 4.78 is 0. The van der Waals surface area contributed by atoms with Gasteiger partial charge in [-0.25, -0.2) is 4.98 Å². The number of halogens is 3. The standard InChI is InChI=1S/C13H12Cl2N2O.ClH/c14-11-2-3-12(18)10(5-11)8-16-6-9-1-4-13(15)17-7-9;/h1-5,7,16,18H,6,8H2;1H/p-1. The SMILES string of the molecule is Oc1ccc(Cl)cc1CNCc1ccc(Cl)nc1.[Cl-]. The number of aromatic nitrogens is 1. The highest BCUT2D eigenvalue weighted by molar-refractivity contribution is 6.30. The van der Waals surface area contributed by atoms with Crippen LogP contribution < -0.4 is 17.7 Å². The van der Waals surface area contributed by atoms with E-state index in [4.69, 9.17) is 23.2 Å². The van der Waals surface area contributed by atoms with E-state index in [0.717, 1.165) is 11.1 Å². The molecule has 0 bridgehead atoms. The van der Waals surface area contributed by atoms with Gasteiger partial charge in [-0.05, 0) is 29.8 Å². The summed E-state index contributed by atoms with van der Waals surface area (Å²) in [7, 11) is 0. The minimum atomic E-state index is 0. The van der Waals surface area contributed by atoms with Gasteiger partial charge in [-0.1, -0.05) is 29.3 Å². The number of hydrogen-bond acceptors (Lipinski definition) is 3. The van der Waals surface area contributed by atoms with Crippen LogP contribution in [0, 0.1) is 0 Å². The summed E-state index contributed by atoms with van der Waals surface area (Å²) in [5, 5.41) is 13.9. The molecular formula is C13H12Cl3N2O-. The molecule has 0 atom stereocenters. The molecule has 0 aliphatic carbocycles. The minimum absolute atomic E-state index is 0. The van der Waals surface area contributed by atoms with E-state index in [1.807, 2.05) is 6.07 Å². The minimum Gasteiger partial charge on any atom is -1.00 e. The van der Waals surface area contributed by atoms with Gasteiger partial charge in [0, 0.05) is 29.9 Å². The monoisotopic (exact) mass is 317 g/mol. The van der Waals surface area contributed by atoms with Crippen molar-refractivity contribution >= 4 is 23.2 Å². The molecule has 2 aromatic rings. The van der Waals surface area contributed by atoms with Crippen molar-refractivity contribution in [2.24, 2.45) is 0 Å². The molecule has 1 heterocycles. The highest BCUT2D eigenvalue weighted by Crippen LogP contribution is 2.21. The van der Waals surface area contributed by atoms with Crippen LogP contribution >= 0.6 is 23.2 Å². The number of phenols is 1. The van der Waals surface area contributed by atoms with Crippen molar-refractivity contribution in [2.45, 2.75) is 13.1 Å². The molecule has 0 spiro atoms. The van der Waals surface area contributed by atoms with Gasteiger partial charge in [-0.3, -0.25) is 0 Å². The lowest BCUT2D eigenvalue weighted by atomic mass is 10.2. The van der Waals surface area contributed by atoms with Crippen LogP contribution in [0.1, 0.15) is 11.1 Å². The van der Waals surface area contributed by atoms with Gasteiger partial charge in [0.15, 0.2) is 0 Å². The Labute approximate surface area is 128 Å². The smallest absolute Gasteiger partial charge is 0.129 e. The Balaban J connectivity index is 0.00000180. The Morgan fingerprint density at radius 1 is 1.11 bits per heavy atom. The normalized spacial score (nSPS) is 10.0. The van der Waals surface area contributed by atoms with E-state index in [0.29, 0.717) is 23.3 Å². The number of nitrogens with one attached hydrogen (secondary N) is 1. The Morgan fingerprint density at radius 2 is 1.89 bits per heavy atom. The molecule has 0 saturated carbocycles. The molecule has 1 aromatic heterocycles.